The van der Waals surface area contributed by atoms with Gasteiger partial charge in [0.05, 0.1) is 11.5 Å². The highest BCUT2D eigenvalue weighted by Gasteiger charge is 2.52. The van der Waals surface area contributed by atoms with Gasteiger partial charge in [-0.3, -0.25) is 14.4 Å². The van der Waals surface area contributed by atoms with Gasteiger partial charge in [-0.05, 0) is 52.1 Å². The molecule has 8 heteroatoms. The van der Waals surface area contributed by atoms with Crippen LogP contribution in [0.25, 0.3) is 0 Å². The lowest BCUT2D eigenvalue weighted by Crippen LogP contribution is -2.59. The van der Waals surface area contributed by atoms with E-state index in [9.17, 15) is 18.8 Å². The zero-order valence-electron chi connectivity index (χ0n) is 16.5. The van der Waals surface area contributed by atoms with Gasteiger partial charge in [-0.1, -0.05) is 6.08 Å². The zero-order valence-corrected chi connectivity index (χ0v) is 16.5. The zero-order chi connectivity index (χ0) is 21.3. The maximum Gasteiger partial charge on any atom is 0.290 e. The molecule has 2 amide bonds. The van der Waals surface area contributed by atoms with Gasteiger partial charge in [0.2, 0.25) is 11.7 Å². The van der Waals surface area contributed by atoms with E-state index in [-0.39, 0.29) is 11.3 Å². The molecule has 0 saturated heterocycles. The van der Waals surface area contributed by atoms with Crippen molar-refractivity contribution in [3.05, 3.63) is 41.9 Å². The molecule has 2 unspecified atom stereocenters. The first-order valence-electron chi connectivity index (χ1n) is 8.69. The van der Waals surface area contributed by atoms with Crippen molar-refractivity contribution in [2.24, 2.45) is 5.92 Å². The first kappa shape index (κ1) is 21.1. The number of carbonyl (C=O) groups excluding carboxylic acids is 3. The number of likely N-dealkylation sites (N-methyl/N-ethyl adjacent to an activating group) is 1. The second-order valence-electron chi connectivity index (χ2n) is 7.91. The number of nitriles is 1. The standard InChI is InChI=1S/C20H23FN4O3/c1-19(2,3)24-18(28)16(26)20(4)14(8-9-25(20)5)17(27)23-13-6-7-15(21)12(10-13)11-22/h6-10,14H,1-5H3,(H,23,27)(H,24,28). The molecule has 1 aromatic rings. The van der Waals surface area contributed by atoms with Gasteiger partial charge in [0.25, 0.3) is 5.91 Å². The maximum absolute atomic E-state index is 13.5. The topological polar surface area (TPSA) is 102 Å². The molecule has 2 rings (SSSR count). The van der Waals surface area contributed by atoms with Crippen LogP contribution in [0, 0.1) is 23.1 Å². The number of nitrogens with zero attached hydrogens (tertiary/aromatic N) is 2. The normalized spacial score (nSPS) is 21.2. The second kappa shape index (κ2) is 7.43. The molecular formula is C20H23FN4O3. The SMILES string of the molecule is CN1C=CC(C(=O)Nc2ccc(F)c(C#N)c2)C1(C)C(=O)C(=O)NC(C)(C)C. The molecule has 2 N–H and O–H groups in total. The number of amides is 2. The average Bonchev–Trinajstić information content (AvgIpc) is 2.90. The van der Waals surface area contributed by atoms with E-state index in [1.165, 1.54) is 30.0 Å². The van der Waals surface area contributed by atoms with Gasteiger partial charge in [-0.25, -0.2) is 4.39 Å². The molecule has 0 aromatic heterocycles. The van der Waals surface area contributed by atoms with Crippen molar-refractivity contribution in [1.29, 1.82) is 5.26 Å². The van der Waals surface area contributed by atoms with E-state index in [4.69, 9.17) is 5.26 Å². The molecular weight excluding hydrogens is 363 g/mol. The Bertz CT molecular complexity index is 898. The smallest absolute Gasteiger partial charge is 0.290 e. The summed E-state index contributed by atoms with van der Waals surface area (Å²) < 4.78 is 13.5. The highest BCUT2D eigenvalue weighted by molar-refractivity contribution is 6.40. The molecule has 1 aromatic carbocycles. The fraction of sp³-hybridized carbons (Fsp3) is 0.400. The van der Waals surface area contributed by atoms with Crippen molar-refractivity contribution in [2.45, 2.75) is 38.8 Å². The Labute approximate surface area is 163 Å². The van der Waals surface area contributed by atoms with Gasteiger partial charge in [0, 0.05) is 18.3 Å². The second-order valence-corrected chi connectivity index (χ2v) is 7.91. The van der Waals surface area contributed by atoms with Crippen LogP contribution in [0.3, 0.4) is 0 Å². The lowest BCUT2D eigenvalue weighted by molar-refractivity contribution is -0.146. The maximum atomic E-state index is 13.5. The summed E-state index contributed by atoms with van der Waals surface area (Å²) in [5.41, 5.74) is -2.01. The monoisotopic (exact) mass is 386 g/mol. The summed E-state index contributed by atoms with van der Waals surface area (Å²) in [6, 6.07) is 5.31. The Morgan fingerprint density at radius 3 is 2.50 bits per heavy atom. The number of ketones is 1. The summed E-state index contributed by atoms with van der Waals surface area (Å²) in [4.78, 5) is 39.7. The molecule has 0 aliphatic carbocycles. The highest BCUT2D eigenvalue weighted by atomic mass is 19.1. The first-order valence-corrected chi connectivity index (χ1v) is 8.69. The Morgan fingerprint density at radius 1 is 1.29 bits per heavy atom. The van der Waals surface area contributed by atoms with Crippen LogP contribution in [0.5, 0.6) is 0 Å². The summed E-state index contributed by atoms with van der Waals surface area (Å²) in [5, 5.41) is 14.1. The molecule has 0 radical (unpaired) electrons. The van der Waals surface area contributed by atoms with Crippen LogP contribution in [0.1, 0.15) is 33.3 Å². The van der Waals surface area contributed by atoms with Gasteiger partial charge in [-0.2, -0.15) is 5.26 Å². The molecule has 0 spiro atoms. The Balaban J connectivity index is 2.27. The summed E-state index contributed by atoms with van der Waals surface area (Å²) in [5.74, 6) is -3.72. The highest BCUT2D eigenvalue weighted by Crippen LogP contribution is 2.33. The van der Waals surface area contributed by atoms with Crippen molar-refractivity contribution < 1.29 is 18.8 Å². The van der Waals surface area contributed by atoms with Gasteiger partial charge in [-0.15, -0.1) is 0 Å². The fourth-order valence-electron chi connectivity index (χ4n) is 2.96. The molecule has 28 heavy (non-hydrogen) atoms. The minimum Gasteiger partial charge on any atom is -0.367 e. The molecule has 0 saturated carbocycles. The Hall–Kier alpha value is -3.21. The van der Waals surface area contributed by atoms with Gasteiger partial charge in [0.1, 0.15) is 17.4 Å². The third kappa shape index (κ3) is 4.03. The third-order valence-corrected chi connectivity index (χ3v) is 4.63. The molecule has 1 aliphatic heterocycles. The molecule has 2 atom stereocenters. The number of carbonyl (C=O) groups is 3. The minimum absolute atomic E-state index is 0.208. The third-order valence-electron chi connectivity index (χ3n) is 4.63. The van der Waals surface area contributed by atoms with E-state index >= 15 is 0 Å². The van der Waals surface area contributed by atoms with Gasteiger partial charge < -0.3 is 15.5 Å². The van der Waals surface area contributed by atoms with Crippen molar-refractivity contribution in [2.75, 3.05) is 12.4 Å². The number of anilines is 1. The number of halogens is 1. The van der Waals surface area contributed by atoms with Crippen LogP contribution in [0.15, 0.2) is 30.5 Å². The number of benzene rings is 1. The van der Waals surface area contributed by atoms with Crippen molar-refractivity contribution >= 4 is 23.3 Å². The molecule has 0 bridgehead atoms. The molecule has 148 valence electrons. The van der Waals surface area contributed by atoms with E-state index in [2.05, 4.69) is 10.6 Å². The summed E-state index contributed by atoms with van der Waals surface area (Å²) in [6.45, 7) is 6.78. The van der Waals surface area contributed by atoms with E-state index in [0.29, 0.717) is 0 Å². The van der Waals surface area contributed by atoms with Crippen LogP contribution < -0.4 is 10.6 Å². The molecule has 1 aliphatic rings. The summed E-state index contributed by atoms with van der Waals surface area (Å²) in [6.07, 6.45) is 3.10. The van der Waals surface area contributed by atoms with Crippen LogP contribution in [0.4, 0.5) is 10.1 Å². The van der Waals surface area contributed by atoms with Crippen molar-refractivity contribution in [3.8, 4) is 6.07 Å². The number of rotatable bonds is 4. The fourth-order valence-corrected chi connectivity index (χ4v) is 2.96. The molecule has 1 heterocycles. The van der Waals surface area contributed by atoms with Crippen LogP contribution >= 0.6 is 0 Å². The van der Waals surface area contributed by atoms with Crippen molar-refractivity contribution in [1.82, 2.24) is 10.2 Å². The van der Waals surface area contributed by atoms with E-state index in [1.54, 1.807) is 40.1 Å². The number of hydrogen-bond donors (Lipinski definition) is 2. The number of hydrogen-bond acceptors (Lipinski definition) is 5. The van der Waals surface area contributed by atoms with Crippen molar-refractivity contribution in [3.63, 3.8) is 0 Å². The molecule has 0 fully saturated rings. The number of Topliss-reactive ketones (excluding diaryl/α,β-unsaturated/α-hetero) is 1. The minimum atomic E-state index is -1.42. The predicted octanol–water partition coefficient (Wildman–Crippen LogP) is 1.95. The molecule has 7 nitrogen and oxygen atoms in total. The first-order chi connectivity index (χ1) is 12.9. The number of nitrogens with one attached hydrogen (secondary N) is 2. The van der Waals surface area contributed by atoms with Gasteiger partial charge >= 0.3 is 0 Å². The van der Waals surface area contributed by atoms with E-state index in [0.717, 1.165) is 6.07 Å². The van der Waals surface area contributed by atoms with E-state index in [1.807, 2.05) is 0 Å². The summed E-state index contributed by atoms with van der Waals surface area (Å²) in [7, 11) is 1.61. The van der Waals surface area contributed by atoms with Crippen LogP contribution in [-0.4, -0.2) is 40.6 Å². The lowest BCUT2D eigenvalue weighted by atomic mass is 9.81. The Morgan fingerprint density at radius 2 is 1.93 bits per heavy atom. The average molecular weight is 386 g/mol. The van der Waals surface area contributed by atoms with Crippen LogP contribution in [0.2, 0.25) is 0 Å². The quantitative estimate of drug-likeness (QED) is 0.770. The van der Waals surface area contributed by atoms with E-state index < -0.39 is 40.4 Å². The lowest BCUT2D eigenvalue weighted by Gasteiger charge is -2.36. The predicted molar refractivity (Wildman–Crippen MR) is 101 cm³/mol. The summed E-state index contributed by atoms with van der Waals surface area (Å²) >= 11 is 0. The van der Waals surface area contributed by atoms with Gasteiger partial charge in [0.15, 0.2) is 0 Å². The largest absolute Gasteiger partial charge is 0.367 e. The Kier molecular flexibility index (Phi) is 5.59. The van der Waals surface area contributed by atoms with Crippen LogP contribution in [-0.2, 0) is 14.4 Å².